The monoisotopic (exact) mass is 320 g/mol. The second-order valence-electron chi connectivity index (χ2n) is 5.57. The highest BCUT2D eigenvalue weighted by atomic mass is 35.5. The zero-order valence-corrected chi connectivity index (χ0v) is 13.4. The molecule has 114 valence electrons. The largest absolute Gasteiger partial charge is 0.314 e. The van der Waals surface area contributed by atoms with E-state index in [0.29, 0.717) is 6.04 Å². The van der Waals surface area contributed by atoms with Crippen LogP contribution in [-0.2, 0) is 0 Å². The molecular weight excluding hydrogens is 298 g/mol. The normalized spacial score (nSPS) is 20.7. The van der Waals surface area contributed by atoms with Crippen LogP contribution < -0.4 is 5.32 Å². The van der Waals surface area contributed by atoms with E-state index in [1.54, 1.807) is 12.1 Å². The van der Waals surface area contributed by atoms with Gasteiger partial charge in [-0.1, -0.05) is 6.07 Å². The summed E-state index contributed by atoms with van der Waals surface area (Å²) in [4.78, 5) is 2.58. The quantitative estimate of drug-likeness (QED) is 0.919. The van der Waals surface area contributed by atoms with Crippen LogP contribution in [0.5, 0.6) is 0 Å². The SMILES string of the molecule is Cc1cc(F)ccc1[C@@H](C1CC1)N1CCNCC1.Cl.Cl. The summed E-state index contributed by atoms with van der Waals surface area (Å²) in [5, 5.41) is 3.40. The van der Waals surface area contributed by atoms with Gasteiger partial charge in [0.25, 0.3) is 0 Å². The average molecular weight is 321 g/mol. The second kappa shape index (κ2) is 7.60. The summed E-state index contributed by atoms with van der Waals surface area (Å²) in [5.41, 5.74) is 2.44. The van der Waals surface area contributed by atoms with Crippen molar-refractivity contribution in [2.24, 2.45) is 5.92 Å². The minimum Gasteiger partial charge on any atom is -0.314 e. The fourth-order valence-corrected chi connectivity index (χ4v) is 3.09. The number of nitrogens with one attached hydrogen (secondary N) is 1. The molecule has 1 saturated heterocycles. The molecule has 1 N–H and O–H groups in total. The topological polar surface area (TPSA) is 15.3 Å². The third-order valence-electron chi connectivity index (χ3n) is 4.16. The number of aryl methyl sites for hydroxylation is 1. The number of halogens is 3. The van der Waals surface area contributed by atoms with Gasteiger partial charge in [0, 0.05) is 32.2 Å². The third-order valence-corrected chi connectivity index (χ3v) is 4.16. The van der Waals surface area contributed by atoms with Crippen LogP contribution >= 0.6 is 24.8 Å². The maximum atomic E-state index is 13.2. The summed E-state index contributed by atoms with van der Waals surface area (Å²) in [6.07, 6.45) is 2.65. The molecule has 0 amide bonds. The van der Waals surface area contributed by atoms with Gasteiger partial charge in [-0.05, 0) is 48.9 Å². The Hall–Kier alpha value is -0.350. The van der Waals surface area contributed by atoms with Crippen LogP contribution in [0.15, 0.2) is 18.2 Å². The van der Waals surface area contributed by atoms with Gasteiger partial charge in [0.15, 0.2) is 0 Å². The average Bonchev–Trinajstić information content (AvgIpc) is 3.18. The van der Waals surface area contributed by atoms with Crippen LogP contribution in [0.2, 0.25) is 0 Å². The lowest BCUT2D eigenvalue weighted by Crippen LogP contribution is -2.45. The van der Waals surface area contributed by atoms with Gasteiger partial charge in [0.1, 0.15) is 5.82 Å². The zero-order chi connectivity index (χ0) is 12.5. The van der Waals surface area contributed by atoms with Gasteiger partial charge in [-0.3, -0.25) is 4.90 Å². The molecule has 0 unspecified atom stereocenters. The van der Waals surface area contributed by atoms with Crippen LogP contribution in [0.3, 0.4) is 0 Å². The highest BCUT2D eigenvalue weighted by molar-refractivity contribution is 5.85. The van der Waals surface area contributed by atoms with Gasteiger partial charge in [-0.2, -0.15) is 0 Å². The number of piperazine rings is 1. The van der Waals surface area contributed by atoms with E-state index >= 15 is 0 Å². The molecule has 0 radical (unpaired) electrons. The third kappa shape index (κ3) is 3.85. The fraction of sp³-hybridized carbons (Fsp3) is 0.600. The maximum Gasteiger partial charge on any atom is 0.123 e. The van der Waals surface area contributed by atoms with E-state index in [2.05, 4.69) is 10.2 Å². The van der Waals surface area contributed by atoms with Gasteiger partial charge in [0.05, 0.1) is 0 Å². The summed E-state index contributed by atoms with van der Waals surface area (Å²) < 4.78 is 13.2. The Balaban J connectivity index is 0.000001000. The molecule has 0 bridgehead atoms. The van der Waals surface area contributed by atoms with Crippen molar-refractivity contribution < 1.29 is 4.39 Å². The first-order valence-corrected chi connectivity index (χ1v) is 6.96. The molecule has 0 aromatic heterocycles. The molecule has 1 atom stereocenters. The van der Waals surface area contributed by atoms with Crippen LogP contribution in [-0.4, -0.2) is 31.1 Å². The fourth-order valence-electron chi connectivity index (χ4n) is 3.09. The first-order valence-electron chi connectivity index (χ1n) is 6.96. The molecule has 1 aromatic rings. The minimum absolute atomic E-state index is 0. The molecule has 1 aliphatic heterocycles. The lowest BCUT2D eigenvalue weighted by atomic mass is 9.95. The van der Waals surface area contributed by atoms with Crippen molar-refractivity contribution >= 4 is 24.8 Å². The summed E-state index contributed by atoms with van der Waals surface area (Å²) in [6, 6.07) is 5.79. The molecule has 0 spiro atoms. The first-order chi connectivity index (χ1) is 8.75. The number of hydrogen-bond acceptors (Lipinski definition) is 2. The number of nitrogens with zero attached hydrogens (tertiary/aromatic N) is 1. The summed E-state index contributed by atoms with van der Waals surface area (Å²) >= 11 is 0. The van der Waals surface area contributed by atoms with Crippen molar-refractivity contribution in [3.63, 3.8) is 0 Å². The van der Waals surface area contributed by atoms with Gasteiger partial charge in [-0.25, -0.2) is 4.39 Å². The van der Waals surface area contributed by atoms with Crippen LogP contribution in [0.1, 0.15) is 30.0 Å². The van der Waals surface area contributed by atoms with Crippen molar-refractivity contribution in [2.75, 3.05) is 26.2 Å². The smallest absolute Gasteiger partial charge is 0.123 e. The van der Waals surface area contributed by atoms with Gasteiger partial charge < -0.3 is 5.32 Å². The van der Waals surface area contributed by atoms with E-state index in [1.807, 2.05) is 13.0 Å². The van der Waals surface area contributed by atoms with Gasteiger partial charge in [0.2, 0.25) is 0 Å². The highest BCUT2D eigenvalue weighted by Crippen LogP contribution is 2.45. The Morgan fingerprint density at radius 3 is 2.40 bits per heavy atom. The zero-order valence-electron chi connectivity index (χ0n) is 11.8. The molecule has 2 fully saturated rings. The van der Waals surface area contributed by atoms with E-state index in [1.165, 1.54) is 18.4 Å². The molecular formula is C15H23Cl2FN2. The van der Waals surface area contributed by atoms with Crippen molar-refractivity contribution in [1.29, 1.82) is 0 Å². The van der Waals surface area contributed by atoms with Crippen molar-refractivity contribution in [3.05, 3.63) is 35.1 Å². The Morgan fingerprint density at radius 2 is 1.85 bits per heavy atom. The molecule has 20 heavy (non-hydrogen) atoms. The van der Waals surface area contributed by atoms with Crippen molar-refractivity contribution in [3.8, 4) is 0 Å². The molecule has 1 saturated carbocycles. The Kier molecular flexibility index (Phi) is 6.73. The lowest BCUT2D eigenvalue weighted by molar-refractivity contribution is 0.155. The summed E-state index contributed by atoms with van der Waals surface area (Å²) in [7, 11) is 0. The van der Waals surface area contributed by atoms with Crippen molar-refractivity contribution in [1.82, 2.24) is 10.2 Å². The molecule has 1 aromatic carbocycles. The van der Waals surface area contributed by atoms with Crippen molar-refractivity contribution in [2.45, 2.75) is 25.8 Å². The van der Waals surface area contributed by atoms with Crippen LogP contribution in [0, 0.1) is 18.7 Å². The van der Waals surface area contributed by atoms with E-state index in [-0.39, 0.29) is 30.6 Å². The van der Waals surface area contributed by atoms with E-state index in [9.17, 15) is 4.39 Å². The molecule has 1 aliphatic carbocycles. The maximum absolute atomic E-state index is 13.2. The molecule has 1 heterocycles. The molecule has 5 heteroatoms. The lowest BCUT2D eigenvalue weighted by Gasteiger charge is -2.36. The molecule has 2 aliphatic rings. The van der Waals surface area contributed by atoms with E-state index < -0.39 is 0 Å². The number of rotatable bonds is 3. The van der Waals surface area contributed by atoms with Crippen LogP contribution in [0.25, 0.3) is 0 Å². The highest BCUT2D eigenvalue weighted by Gasteiger charge is 2.37. The predicted molar refractivity (Wildman–Crippen MR) is 85.5 cm³/mol. The second-order valence-corrected chi connectivity index (χ2v) is 5.57. The minimum atomic E-state index is -0.119. The van der Waals surface area contributed by atoms with E-state index in [0.717, 1.165) is 37.7 Å². The number of hydrogen-bond donors (Lipinski definition) is 1. The first kappa shape index (κ1) is 17.7. The Morgan fingerprint density at radius 1 is 1.20 bits per heavy atom. The Labute approximate surface area is 132 Å². The predicted octanol–water partition coefficient (Wildman–Crippen LogP) is 3.33. The van der Waals surface area contributed by atoms with E-state index in [4.69, 9.17) is 0 Å². The van der Waals surface area contributed by atoms with Gasteiger partial charge in [-0.15, -0.1) is 24.8 Å². The molecule has 2 nitrogen and oxygen atoms in total. The Bertz CT molecular complexity index is 432. The number of benzene rings is 1. The molecule has 3 rings (SSSR count). The summed E-state index contributed by atoms with van der Waals surface area (Å²) in [5.74, 6) is 0.665. The standard InChI is InChI=1S/C15H21FN2.2ClH/c1-11-10-13(16)4-5-14(11)15(12-2-3-12)18-8-6-17-7-9-18;;/h4-5,10,12,15,17H,2-3,6-9H2,1H3;2*1H/t15-;;/m1../s1. The van der Waals surface area contributed by atoms with Gasteiger partial charge >= 0.3 is 0 Å². The van der Waals surface area contributed by atoms with Crippen LogP contribution in [0.4, 0.5) is 4.39 Å². The summed E-state index contributed by atoms with van der Waals surface area (Å²) in [6.45, 7) is 6.40.